The summed E-state index contributed by atoms with van der Waals surface area (Å²) in [5.74, 6) is 0. The number of likely N-dealkylation sites (N-methyl/N-ethyl adjacent to an activating group) is 1. The molecular formula is C26H55NO7P+. The monoisotopic (exact) mass is 524 g/mol. The minimum atomic E-state index is -4.18. The third-order valence-electron chi connectivity index (χ3n) is 5.71. The van der Waals surface area contributed by atoms with Crippen molar-refractivity contribution >= 4 is 7.82 Å². The van der Waals surface area contributed by atoms with Gasteiger partial charge >= 0.3 is 7.82 Å². The first kappa shape index (κ1) is 34.7. The lowest BCUT2D eigenvalue weighted by atomic mass is 10.1. The Kier molecular flexibility index (Phi) is 21.6. The number of allylic oxidation sites excluding steroid dienone is 1. The molecule has 0 heterocycles. The van der Waals surface area contributed by atoms with E-state index in [0.717, 1.165) is 12.8 Å². The zero-order valence-electron chi connectivity index (χ0n) is 23.2. The van der Waals surface area contributed by atoms with Crippen molar-refractivity contribution in [3.63, 3.8) is 0 Å². The van der Waals surface area contributed by atoms with Crippen LogP contribution in [0.1, 0.15) is 84.0 Å². The largest absolute Gasteiger partial charge is 0.472 e. The lowest BCUT2D eigenvalue weighted by Gasteiger charge is -2.24. The second-order valence-electron chi connectivity index (χ2n) is 10.3. The molecule has 0 amide bonds. The Labute approximate surface area is 215 Å². The van der Waals surface area contributed by atoms with Gasteiger partial charge in [0.2, 0.25) is 0 Å². The Hall–Kier alpha value is -0.310. The van der Waals surface area contributed by atoms with Crippen molar-refractivity contribution < 1.29 is 37.6 Å². The molecule has 8 nitrogen and oxygen atoms in total. The molecule has 2 N–H and O–H groups in total. The molecule has 0 bridgehead atoms. The van der Waals surface area contributed by atoms with Crippen LogP contribution in [-0.4, -0.2) is 87.9 Å². The van der Waals surface area contributed by atoms with E-state index in [0.29, 0.717) is 24.1 Å². The van der Waals surface area contributed by atoms with Crippen LogP contribution in [-0.2, 0) is 23.1 Å². The van der Waals surface area contributed by atoms with E-state index >= 15 is 0 Å². The van der Waals surface area contributed by atoms with E-state index in [-0.39, 0.29) is 25.9 Å². The maximum absolute atomic E-state index is 11.8. The minimum absolute atomic E-state index is 0.0176. The number of aliphatic hydroxyl groups is 1. The summed E-state index contributed by atoms with van der Waals surface area (Å²) in [4.78, 5) is 9.68. The van der Waals surface area contributed by atoms with E-state index in [2.05, 4.69) is 19.1 Å². The Morgan fingerprint density at radius 3 is 2.11 bits per heavy atom. The molecule has 0 aromatic carbocycles. The van der Waals surface area contributed by atoms with Gasteiger partial charge in [-0.3, -0.25) is 9.05 Å². The Morgan fingerprint density at radius 1 is 0.886 bits per heavy atom. The van der Waals surface area contributed by atoms with Crippen LogP contribution in [0.2, 0.25) is 0 Å². The van der Waals surface area contributed by atoms with E-state index in [4.69, 9.17) is 18.5 Å². The fourth-order valence-electron chi connectivity index (χ4n) is 3.40. The number of ether oxygens (including phenoxy) is 2. The number of phosphoric ester groups is 1. The molecular weight excluding hydrogens is 469 g/mol. The van der Waals surface area contributed by atoms with Crippen LogP contribution in [0.15, 0.2) is 12.2 Å². The molecule has 9 heteroatoms. The first-order valence-electron chi connectivity index (χ1n) is 13.5. The first-order chi connectivity index (χ1) is 16.6. The van der Waals surface area contributed by atoms with Crippen LogP contribution in [0.4, 0.5) is 0 Å². The summed E-state index contributed by atoms with van der Waals surface area (Å²) in [6.07, 6.45) is 18.2. The maximum atomic E-state index is 11.8. The molecule has 0 aromatic heterocycles. The summed E-state index contributed by atoms with van der Waals surface area (Å²) >= 11 is 0. The molecule has 0 aliphatic rings. The highest BCUT2D eigenvalue weighted by molar-refractivity contribution is 7.47. The predicted octanol–water partition coefficient (Wildman–Crippen LogP) is 5.48. The molecule has 0 saturated heterocycles. The standard InChI is InChI=1S/C26H54NO7P/c1-6-7-8-9-10-11-12-13-14-15-16-17-18-26(31-5)19-21-32-23-25(28)24-34-35(29,30)33-22-20-27(2,3)4/h16-17,25-26,28H,6-15,18-24H2,1-5H3/p+1/b17-16+/t25-,26?/m1/s1. The third kappa shape index (κ3) is 25.1. The second-order valence-corrected chi connectivity index (χ2v) is 11.8. The summed E-state index contributed by atoms with van der Waals surface area (Å²) in [5.41, 5.74) is 0. The minimum Gasteiger partial charge on any atom is -0.388 e. The zero-order chi connectivity index (χ0) is 26.4. The number of unbranched alkanes of at least 4 members (excludes halogenated alkanes) is 9. The van der Waals surface area contributed by atoms with Gasteiger partial charge in [-0.1, -0.05) is 70.4 Å². The Balaban J connectivity index is 3.76. The summed E-state index contributed by atoms with van der Waals surface area (Å²) < 4.78 is 33.2. The van der Waals surface area contributed by atoms with E-state index in [1.165, 1.54) is 57.8 Å². The molecule has 0 spiro atoms. The molecule has 0 aliphatic carbocycles. The van der Waals surface area contributed by atoms with Crippen molar-refractivity contribution in [1.29, 1.82) is 0 Å². The van der Waals surface area contributed by atoms with E-state index in [9.17, 15) is 14.6 Å². The topological polar surface area (TPSA) is 94.5 Å². The molecule has 0 radical (unpaired) electrons. The summed E-state index contributed by atoms with van der Waals surface area (Å²) in [7, 11) is 3.38. The van der Waals surface area contributed by atoms with Crippen molar-refractivity contribution in [2.75, 3.05) is 61.2 Å². The smallest absolute Gasteiger partial charge is 0.388 e. The number of hydrogen-bond donors (Lipinski definition) is 2. The van der Waals surface area contributed by atoms with Crippen LogP contribution in [0.5, 0.6) is 0 Å². The molecule has 0 saturated carbocycles. The molecule has 0 fully saturated rings. The average Bonchev–Trinajstić information content (AvgIpc) is 2.78. The lowest BCUT2D eigenvalue weighted by Crippen LogP contribution is -2.37. The first-order valence-corrected chi connectivity index (χ1v) is 14.9. The van der Waals surface area contributed by atoms with E-state index in [1.54, 1.807) is 7.11 Å². The van der Waals surface area contributed by atoms with Gasteiger partial charge in [-0.15, -0.1) is 0 Å². The highest BCUT2D eigenvalue weighted by Gasteiger charge is 2.24. The molecule has 210 valence electrons. The van der Waals surface area contributed by atoms with Gasteiger partial charge in [0.25, 0.3) is 0 Å². The highest BCUT2D eigenvalue weighted by Crippen LogP contribution is 2.43. The van der Waals surface area contributed by atoms with Gasteiger partial charge < -0.3 is 24.0 Å². The number of phosphoric acid groups is 1. The van der Waals surface area contributed by atoms with E-state index < -0.39 is 13.9 Å². The zero-order valence-corrected chi connectivity index (χ0v) is 24.1. The number of hydrogen-bond acceptors (Lipinski definition) is 6. The highest BCUT2D eigenvalue weighted by atomic mass is 31.2. The van der Waals surface area contributed by atoms with Crippen molar-refractivity contribution in [1.82, 2.24) is 0 Å². The van der Waals surface area contributed by atoms with Gasteiger partial charge in [0, 0.05) is 13.7 Å². The van der Waals surface area contributed by atoms with Gasteiger partial charge in [0.1, 0.15) is 19.3 Å². The van der Waals surface area contributed by atoms with Crippen molar-refractivity contribution in [2.45, 2.75) is 96.2 Å². The van der Waals surface area contributed by atoms with Crippen LogP contribution in [0.25, 0.3) is 0 Å². The van der Waals surface area contributed by atoms with Gasteiger partial charge in [0.05, 0.1) is 40.5 Å². The Morgan fingerprint density at radius 2 is 1.51 bits per heavy atom. The molecule has 0 rings (SSSR count). The van der Waals surface area contributed by atoms with Crippen molar-refractivity contribution in [3.05, 3.63) is 12.2 Å². The predicted molar refractivity (Wildman–Crippen MR) is 142 cm³/mol. The van der Waals surface area contributed by atoms with Crippen LogP contribution >= 0.6 is 7.82 Å². The third-order valence-corrected chi connectivity index (χ3v) is 6.70. The summed E-state index contributed by atoms with van der Waals surface area (Å²) in [6.45, 7) is 3.03. The van der Waals surface area contributed by atoms with Crippen LogP contribution in [0.3, 0.4) is 0 Å². The summed E-state index contributed by atoms with van der Waals surface area (Å²) in [6, 6.07) is 0. The number of methoxy groups -OCH3 is 1. The Bertz CT molecular complexity index is 554. The quantitative estimate of drug-likeness (QED) is 0.0707. The number of aliphatic hydroxyl groups excluding tert-OH is 1. The van der Waals surface area contributed by atoms with Crippen molar-refractivity contribution in [2.24, 2.45) is 0 Å². The SMILES string of the molecule is CCCCCCCCCCC/C=C/CC(CCOC[C@@H](O)COP(=O)(O)OCC[N+](C)(C)C)OC. The van der Waals surface area contributed by atoms with Crippen LogP contribution < -0.4 is 0 Å². The van der Waals surface area contributed by atoms with Crippen LogP contribution in [0, 0.1) is 0 Å². The second kappa shape index (κ2) is 21.7. The molecule has 3 atom stereocenters. The normalized spacial score (nSPS) is 16.0. The van der Waals surface area contributed by atoms with Gasteiger partial charge in [-0.25, -0.2) is 4.57 Å². The van der Waals surface area contributed by atoms with E-state index in [1.807, 2.05) is 21.1 Å². The molecule has 35 heavy (non-hydrogen) atoms. The summed E-state index contributed by atoms with van der Waals surface area (Å²) in [5, 5.41) is 9.93. The number of nitrogens with zero attached hydrogens (tertiary/aromatic N) is 1. The lowest BCUT2D eigenvalue weighted by molar-refractivity contribution is -0.870. The van der Waals surface area contributed by atoms with Crippen molar-refractivity contribution in [3.8, 4) is 0 Å². The number of rotatable bonds is 25. The fourth-order valence-corrected chi connectivity index (χ4v) is 4.15. The van der Waals surface area contributed by atoms with Gasteiger partial charge in [-0.05, 0) is 25.7 Å². The molecule has 2 unspecified atom stereocenters. The number of quaternary nitrogens is 1. The molecule has 0 aliphatic heterocycles. The van der Waals surface area contributed by atoms with Gasteiger partial charge in [0.15, 0.2) is 0 Å². The maximum Gasteiger partial charge on any atom is 0.472 e. The fraction of sp³-hybridized carbons (Fsp3) is 0.923. The molecule has 0 aromatic rings. The van der Waals surface area contributed by atoms with Gasteiger partial charge in [-0.2, -0.15) is 0 Å². The average molecular weight is 525 g/mol.